The van der Waals surface area contributed by atoms with E-state index in [-0.39, 0.29) is 0 Å². The molecule has 1 aliphatic rings. The molecule has 0 amide bonds. The van der Waals surface area contributed by atoms with Crippen LogP contribution in [0.4, 0.5) is 0 Å². The van der Waals surface area contributed by atoms with Crippen LogP contribution >= 0.6 is 0 Å². The van der Waals surface area contributed by atoms with Gasteiger partial charge in [0.15, 0.2) is 0 Å². The van der Waals surface area contributed by atoms with E-state index in [1.165, 1.54) is 23.0 Å². The molecule has 2 aromatic rings. The maximum atomic E-state index is 5.77. The number of hydrogen-bond donors (Lipinski definition) is 1. The summed E-state index contributed by atoms with van der Waals surface area (Å²) in [6.45, 7) is 1.89. The molecule has 2 heterocycles. The predicted octanol–water partition coefficient (Wildman–Crippen LogP) is 2.17. The molecule has 90 valence electrons. The molecule has 1 atom stereocenters. The molecule has 2 N–H and O–H groups in total. The highest BCUT2D eigenvalue weighted by Gasteiger charge is 2.19. The fourth-order valence-electron chi connectivity index (χ4n) is 2.78. The highest BCUT2D eigenvalue weighted by molar-refractivity contribution is 5.83. The highest BCUT2D eigenvalue weighted by atomic mass is 16.5. The summed E-state index contributed by atoms with van der Waals surface area (Å²) in [5, 5.41) is 1.28. The van der Waals surface area contributed by atoms with Crippen molar-refractivity contribution in [1.82, 2.24) is 4.57 Å². The van der Waals surface area contributed by atoms with Gasteiger partial charge in [-0.2, -0.15) is 0 Å². The van der Waals surface area contributed by atoms with Gasteiger partial charge in [-0.3, -0.25) is 0 Å². The number of fused-ring (bicyclic) bond motifs is 3. The SMILES string of the molecule is COc1ccc2c(c1)cc1n2CCC(CN)C1. The summed E-state index contributed by atoms with van der Waals surface area (Å²) in [4.78, 5) is 0. The van der Waals surface area contributed by atoms with E-state index in [9.17, 15) is 0 Å². The van der Waals surface area contributed by atoms with E-state index < -0.39 is 0 Å². The molecule has 0 spiro atoms. The second-order valence-corrected chi connectivity index (χ2v) is 4.81. The summed E-state index contributed by atoms with van der Waals surface area (Å²) in [6, 6.07) is 8.57. The van der Waals surface area contributed by atoms with Gasteiger partial charge in [-0.05, 0) is 49.6 Å². The molecule has 1 aromatic carbocycles. The third-order valence-electron chi connectivity index (χ3n) is 3.79. The molecule has 1 unspecified atom stereocenters. The van der Waals surface area contributed by atoms with Crippen LogP contribution < -0.4 is 10.5 Å². The Bertz CT molecular complexity index is 544. The number of methoxy groups -OCH3 is 1. The molecule has 1 aromatic heterocycles. The maximum absolute atomic E-state index is 5.77. The van der Waals surface area contributed by atoms with Crippen LogP contribution in [0.5, 0.6) is 5.75 Å². The molecule has 3 heteroatoms. The molecule has 0 fully saturated rings. The molecular weight excluding hydrogens is 212 g/mol. The average Bonchev–Trinajstić information content (AvgIpc) is 2.74. The summed E-state index contributed by atoms with van der Waals surface area (Å²) >= 11 is 0. The van der Waals surface area contributed by atoms with Gasteiger partial charge in [-0.15, -0.1) is 0 Å². The monoisotopic (exact) mass is 230 g/mol. The van der Waals surface area contributed by atoms with Crippen LogP contribution in [0, 0.1) is 5.92 Å². The van der Waals surface area contributed by atoms with E-state index >= 15 is 0 Å². The third kappa shape index (κ3) is 1.71. The van der Waals surface area contributed by atoms with Gasteiger partial charge in [0.2, 0.25) is 0 Å². The van der Waals surface area contributed by atoms with Crippen molar-refractivity contribution >= 4 is 10.9 Å². The fraction of sp³-hybridized carbons (Fsp3) is 0.429. The summed E-state index contributed by atoms with van der Waals surface area (Å²) in [5.74, 6) is 1.57. The van der Waals surface area contributed by atoms with E-state index in [1.54, 1.807) is 7.11 Å². The lowest BCUT2D eigenvalue weighted by Crippen LogP contribution is -2.24. The average molecular weight is 230 g/mol. The molecule has 0 aliphatic carbocycles. The minimum absolute atomic E-state index is 0.647. The highest BCUT2D eigenvalue weighted by Crippen LogP contribution is 2.29. The van der Waals surface area contributed by atoms with Crippen molar-refractivity contribution in [2.45, 2.75) is 19.4 Å². The summed E-state index contributed by atoms with van der Waals surface area (Å²) < 4.78 is 7.68. The van der Waals surface area contributed by atoms with E-state index in [0.29, 0.717) is 5.92 Å². The van der Waals surface area contributed by atoms with Gasteiger partial charge in [0.1, 0.15) is 5.75 Å². The van der Waals surface area contributed by atoms with Crippen LogP contribution in [0.25, 0.3) is 10.9 Å². The quantitative estimate of drug-likeness (QED) is 0.859. The lowest BCUT2D eigenvalue weighted by Gasteiger charge is -2.23. The lowest BCUT2D eigenvalue weighted by atomic mass is 9.96. The zero-order valence-corrected chi connectivity index (χ0v) is 10.1. The van der Waals surface area contributed by atoms with E-state index in [2.05, 4.69) is 22.8 Å². The number of aromatic nitrogens is 1. The van der Waals surface area contributed by atoms with Crippen molar-refractivity contribution in [3.63, 3.8) is 0 Å². The Labute approximate surface area is 101 Å². The molecular formula is C14H18N2O. The standard InChI is InChI=1S/C14H18N2O/c1-17-13-2-3-14-11(8-13)7-12-6-10(9-15)4-5-16(12)14/h2-3,7-8,10H,4-6,9,15H2,1H3. The Hall–Kier alpha value is -1.48. The zero-order chi connectivity index (χ0) is 11.8. The summed E-state index contributed by atoms with van der Waals surface area (Å²) in [6.07, 6.45) is 2.30. The number of nitrogens with two attached hydrogens (primary N) is 1. The summed E-state index contributed by atoms with van der Waals surface area (Å²) in [7, 11) is 1.71. The minimum Gasteiger partial charge on any atom is -0.497 e. The van der Waals surface area contributed by atoms with Crippen LogP contribution in [-0.4, -0.2) is 18.2 Å². The van der Waals surface area contributed by atoms with Gasteiger partial charge < -0.3 is 15.0 Å². The zero-order valence-electron chi connectivity index (χ0n) is 10.1. The van der Waals surface area contributed by atoms with Crippen molar-refractivity contribution in [2.75, 3.05) is 13.7 Å². The molecule has 0 saturated carbocycles. The van der Waals surface area contributed by atoms with Gasteiger partial charge in [-0.1, -0.05) is 0 Å². The number of nitrogens with zero attached hydrogens (tertiary/aromatic N) is 1. The first-order valence-electron chi connectivity index (χ1n) is 6.18. The van der Waals surface area contributed by atoms with Crippen molar-refractivity contribution < 1.29 is 4.74 Å². The predicted molar refractivity (Wildman–Crippen MR) is 69.4 cm³/mol. The van der Waals surface area contributed by atoms with Gasteiger partial charge in [0, 0.05) is 23.1 Å². The Balaban J connectivity index is 2.08. The minimum atomic E-state index is 0.647. The fourth-order valence-corrected chi connectivity index (χ4v) is 2.78. The van der Waals surface area contributed by atoms with Crippen molar-refractivity contribution in [1.29, 1.82) is 0 Å². The maximum Gasteiger partial charge on any atom is 0.119 e. The van der Waals surface area contributed by atoms with Gasteiger partial charge in [-0.25, -0.2) is 0 Å². The molecule has 1 aliphatic heterocycles. The molecule has 3 rings (SSSR count). The van der Waals surface area contributed by atoms with Crippen molar-refractivity contribution in [3.05, 3.63) is 30.0 Å². The smallest absolute Gasteiger partial charge is 0.119 e. The molecule has 0 bridgehead atoms. The first kappa shape index (κ1) is 10.7. The molecule has 0 radical (unpaired) electrons. The Kier molecular flexibility index (Phi) is 2.56. The Morgan fingerprint density at radius 1 is 1.41 bits per heavy atom. The molecule has 3 nitrogen and oxygen atoms in total. The van der Waals surface area contributed by atoms with E-state index in [4.69, 9.17) is 10.5 Å². The lowest BCUT2D eigenvalue weighted by molar-refractivity contribution is 0.402. The van der Waals surface area contributed by atoms with Crippen LogP contribution in [0.1, 0.15) is 12.1 Å². The van der Waals surface area contributed by atoms with Crippen LogP contribution in [0.2, 0.25) is 0 Å². The normalized spacial score (nSPS) is 19.3. The Morgan fingerprint density at radius 3 is 3.06 bits per heavy atom. The van der Waals surface area contributed by atoms with Gasteiger partial charge >= 0.3 is 0 Å². The van der Waals surface area contributed by atoms with Gasteiger partial charge in [0.05, 0.1) is 7.11 Å². The Morgan fingerprint density at radius 2 is 2.29 bits per heavy atom. The summed E-state index contributed by atoms with van der Waals surface area (Å²) in [5.41, 5.74) is 8.50. The van der Waals surface area contributed by atoms with Crippen LogP contribution in [0.3, 0.4) is 0 Å². The van der Waals surface area contributed by atoms with Crippen molar-refractivity contribution in [2.24, 2.45) is 11.7 Å². The van der Waals surface area contributed by atoms with Crippen molar-refractivity contribution in [3.8, 4) is 5.75 Å². The number of hydrogen-bond acceptors (Lipinski definition) is 2. The number of aryl methyl sites for hydroxylation is 1. The first-order chi connectivity index (χ1) is 8.31. The number of ether oxygens (including phenoxy) is 1. The first-order valence-corrected chi connectivity index (χ1v) is 6.18. The van der Waals surface area contributed by atoms with E-state index in [1.807, 2.05) is 6.07 Å². The van der Waals surface area contributed by atoms with E-state index in [0.717, 1.165) is 25.3 Å². The number of benzene rings is 1. The second-order valence-electron chi connectivity index (χ2n) is 4.81. The number of rotatable bonds is 2. The third-order valence-corrected chi connectivity index (χ3v) is 3.79. The largest absolute Gasteiger partial charge is 0.497 e. The van der Waals surface area contributed by atoms with Crippen LogP contribution in [-0.2, 0) is 13.0 Å². The second kappa shape index (κ2) is 4.08. The molecule has 0 saturated heterocycles. The topological polar surface area (TPSA) is 40.2 Å². The van der Waals surface area contributed by atoms with Gasteiger partial charge in [0.25, 0.3) is 0 Å². The molecule has 17 heavy (non-hydrogen) atoms. The van der Waals surface area contributed by atoms with Crippen LogP contribution in [0.15, 0.2) is 24.3 Å².